The lowest BCUT2D eigenvalue weighted by atomic mass is 9.95. The topological polar surface area (TPSA) is 69.6 Å². The first-order chi connectivity index (χ1) is 8.90. The Bertz CT molecular complexity index is 327. The van der Waals surface area contributed by atoms with Crippen LogP contribution < -0.4 is 5.32 Å². The quantitative estimate of drug-likeness (QED) is 0.769. The lowest BCUT2D eigenvalue weighted by molar-refractivity contribution is -0.146. The van der Waals surface area contributed by atoms with Crippen LogP contribution in [-0.2, 0) is 9.59 Å². The van der Waals surface area contributed by atoms with Crippen LogP contribution in [0.15, 0.2) is 0 Å². The molecule has 1 fully saturated rings. The third kappa shape index (κ3) is 4.20. The molecule has 0 radical (unpaired) electrons. The van der Waals surface area contributed by atoms with Crippen molar-refractivity contribution in [3.8, 4) is 0 Å². The van der Waals surface area contributed by atoms with Crippen molar-refractivity contribution in [2.45, 2.75) is 64.5 Å². The first kappa shape index (κ1) is 16.0. The second kappa shape index (κ2) is 6.89. The minimum Gasteiger partial charge on any atom is -0.480 e. The van der Waals surface area contributed by atoms with Crippen molar-refractivity contribution in [2.24, 2.45) is 0 Å². The lowest BCUT2D eigenvalue weighted by Gasteiger charge is -2.34. The molecule has 2 unspecified atom stereocenters. The number of hydrogen-bond donors (Lipinski definition) is 2. The maximum Gasteiger partial charge on any atom is 0.323 e. The number of rotatable bonds is 6. The Morgan fingerprint density at radius 3 is 2.37 bits per heavy atom. The van der Waals surface area contributed by atoms with Gasteiger partial charge in [0.2, 0.25) is 5.91 Å². The van der Waals surface area contributed by atoms with Crippen molar-refractivity contribution in [1.82, 2.24) is 10.2 Å². The Morgan fingerprint density at radius 1 is 1.32 bits per heavy atom. The van der Waals surface area contributed by atoms with Gasteiger partial charge in [0.15, 0.2) is 0 Å². The summed E-state index contributed by atoms with van der Waals surface area (Å²) >= 11 is 0. The first-order valence-electron chi connectivity index (χ1n) is 7.20. The van der Waals surface area contributed by atoms with Crippen molar-refractivity contribution in [3.05, 3.63) is 0 Å². The molecule has 1 amide bonds. The summed E-state index contributed by atoms with van der Waals surface area (Å²) in [5, 5.41) is 12.3. The van der Waals surface area contributed by atoms with E-state index in [1.165, 1.54) is 6.42 Å². The molecule has 2 N–H and O–H groups in total. The van der Waals surface area contributed by atoms with E-state index in [0.717, 1.165) is 32.4 Å². The molecule has 110 valence electrons. The van der Waals surface area contributed by atoms with Gasteiger partial charge < -0.3 is 10.0 Å². The van der Waals surface area contributed by atoms with Crippen molar-refractivity contribution >= 4 is 11.9 Å². The number of carboxylic acid groups (broad SMARTS) is 1. The summed E-state index contributed by atoms with van der Waals surface area (Å²) in [6.45, 7) is 6.94. The molecule has 2 atom stereocenters. The number of nitrogens with one attached hydrogen (secondary N) is 1. The Hall–Kier alpha value is -1.10. The van der Waals surface area contributed by atoms with Gasteiger partial charge in [-0.25, -0.2) is 0 Å². The van der Waals surface area contributed by atoms with Crippen molar-refractivity contribution in [1.29, 1.82) is 0 Å². The predicted molar refractivity (Wildman–Crippen MR) is 74.0 cm³/mol. The molecule has 0 bridgehead atoms. The molecule has 0 spiro atoms. The van der Waals surface area contributed by atoms with Crippen LogP contribution in [0.4, 0.5) is 0 Å². The van der Waals surface area contributed by atoms with Crippen LogP contribution >= 0.6 is 0 Å². The van der Waals surface area contributed by atoms with Crippen LogP contribution in [0, 0.1) is 0 Å². The zero-order valence-corrected chi connectivity index (χ0v) is 12.2. The zero-order valence-electron chi connectivity index (χ0n) is 12.2. The maximum atomic E-state index is 12.3. The lowest BCUT2D eigenvalue weighted by Crippen LogP contribution is -2.58. The summed E-state index contributed by atoms with van der Waals surface area (Å²) in [6.07, 6.45) is 4.54. The van der Waals surface area contributed by atoms with E-state index in [-0.39, 0.29) is 5.91 Å². The summed E-state index contributed by atoms with van der Waals surface area (Å²) in [5.41, 5.74) is -1.03. The summed E-state index contributed by atoms with van der Waals surface area (Å²) < 4.78 is 0. The van der Waals surface area contributed by atoms with Crippen molar-refractivity contribution in [3.63, 3.8) is 0 Å². The van der Waals surface area contributed by atoms with E-state index in [2.05, 4.69) is 5.32 Å². The van der Waals surface area contributed by atoms with Crippen LogP contribution in [-0.4, -0.2) is 46.6 Å². The molecule has 5 nitrogen and oxygen atoms in total. The molecule has 1 saturated heterocycles. The summed E-state index contributed by atoms with van der Waals surface area (Å²) in [6, 6.07) is -0.453. The molecule has 1 aliphatic rings. The Morgan fingerprint density at radius 2 is 1.89 bits per heavy atom. The highest BCUT2D eigenvalue weighted by molar-refractivity contribution is 5.84. The van der Waals surface area contributed by atoms with Crippen LogP contribution in [0.5, 0.6) is 0 Å². The van der Waals surface area contributed by atoms with Gasteiger partial charge in [0.05, 0.1) is 6.04 Å². The highest BCUT2D eigenvalue weighted by Gasteiger charge is 2.35. The fourth-order valence-electron chi connectivity index (χ4n) is 2.67. The highest BCUT2D eigenvalue weighted by atomic mass is 16.4. The van der Waals surface area contributed by atoms with Gasteiger partial charge in [-0.2, -0.15) is 0 Å². The van der Waals surface area contributed by atoms with E-state index in [1.54, 1.807) is 13.8 Å². The van der Waals surface area contributed by atoms with Crippen LogP contribution in [0.3, 0.4) is 0 Å². The molecule has 0 aliphatic carbocycles. The van der Waals surface area contributed by atoms with E-state index in [0.29, 0.717) is 6.42 Å². The van der Waals surface area contributed by atoms with E-state index in [1.807, 2.05) is 11.8 Å². The number of amides is 1. The van der Waals surface area contributed by atoms with Crippen LogP contribution in [0.1, 0.15) is 52.9 Å². The second-order valence-electron chi connectivity index (χ2n) is 5.64. The normalized spacial score (nSPS) is 20.7. The second-order valence-corrected chi connectivity index (χ2v) is 5.64. The van der Waals surface area contributed by atoms with Gasteiger partial charge >= 0.3 is 5.97 Å². The number of carbonyl (C=O) groups is 2. The van der Waals surface area contributed by atoms with Gasteiger partial charge in [0, 0.05) is 13.1 Å². The van der Waals surface area contributed by atoms with E-state index >= 15 is 0 Å². The Labute approximate surface area is 115 Å². The molecule has 0 aromatic heterocycles. The Kier molecular flexibility index (Phi) is 5.79. The standard InChI is InChI=1S/C14H26N2O3/c1-4-8-14(3,13(18)19)15-11(2)12(17)16-9-6-5-7-10-16/h11,15H,4-10H2,1-3H3,(H,18,19). The van der Waals surface area contributed by atoms with Crippen LogP contribution in [0.25, 0.3) is 0 Å². The van der Waals surface area contributed by atoms with Crippen LogP contribution in [0.2, 0.25) is 0 Å². The molecule has 1 heterocycles. The minimum absolute atomic E-state index is 0.0169. The van der Waals surface area contributed by atoms with E-state index < -0.39 is 17.6 Å². The highest BCUT2D eigenvalue weighted by Crippen LogP contribution is 2.16. The number of piperidine rings is 1. The molecular formula is C14H26N2O3. The fraction of sp³-hybridized carbons (Fsp3) is 0.857. The number of nitrogens with zero attached hydrogens (tertiary/aromatic N) is 1. The van der Waals surface area contributed by atoms with E-state index in [4.69, 9.17) is 0 Å². The van der Waals surface area contributed by atoms with Crippen molar-refractivity contribution < 1.29 is 14.7 Å². The summed E-state index contributed by atoms with van der Waals surface area (Å²) in [4.78, 5) is 25.5. The molecule has 0 aromatic carbocycles. The zero-order chi connectivity index (χ0) is 14.5. The van der Waals surface area contributed by atoms with Gasteiger partial charge in [-0.3, -0.25) is 14.9 Å². The number of hydrogen-bond acceptors (Lipinski definition) is 3. The molecular weight excluding hydrogens is 244 g/mol. The number of carboxylic acids is 1. The number of likely N-dealkylation sites (tertiary alicyclic amines) is 1. The van der Waals surface area contributed by atoms with E-state index in [9.17, 15) is 14.7 Å². The molecule has 1 aliphatic heterocycles. The first-order valence-corrected chi connectivity index (χ1v) is 7.20. The Balaban J connectivity index is 2.62. The van der Waals surface area contributed by atoms with Crippen molar-refractivity contribution in [2.75, 3.05) is 13.1 Å². The minimum atomic E-state index is -1.03. The van der Waals surface area contributed by atoms with Gasteiger partial charge in [0.1, 0.15) is 5.54 Å². The van der Waals surface area contributed by atoms with Gasteiger partial charge in [0.25, 0.3) is 0 Å². The third-order valence-corrected chi connectivity index (χ3v) is 3.80. The predicted octanol–water partition coefficient (Wildman–Crippen LogP) is 1.62. The number of aliphatic carboxylic acids is 1. The maximum absolute atomic E-state index is 12.3. The van der Waals surface area contributed by atoms with Gasteiger partial charge in [-0.05, 0) is 39.5 Å². The monoisotopic (exact) mass is 270 g/mol. The molecule has 1 rings (SSSR count). The average molecular weight is 270 g/mol. The fourth-order valence-corrected chi connectivity index (χ4v) is 2.67. The third-order valence-electron chi connectivity index (χ3n) is 3.80. The molecule has 0 saturated carbocycles. The summed E-state index contributed by atoms with van der Waals surface area (Å²) in [5.74, 6) is -0.879. The summed E-state index contributed by atoms with van der Waals surface area (Å²) in [7, 11) is 0. The number of carbonyl (C=O) groups excluding carboxylic acids is 1. The smallest absolute Gasteiger partial charge is 0.323 e. The van der Waals surface area contributed by atoms with Gasteiger partial charge in [-0.15, -0.1) is 0 Å². The largest absolute Gasteiger partial charge is 0.480 e. The molecule has 0 aromatic rings. The van der Waals surface area contributed by atoms with Gasteiger partial charge in [-0.1, -0.05) is 13.3 Å². The molecule has 5 heteroatoms. The SMILES string of the molecule is CCCC(C)(NC(C)C(=O)N1CCCCC1)C(=O)O. The molecule has 19 heavy (non-hydrogen) atoms. The average Bonchev–Trinajstić information content (AvgIpc) is 2.38.